The van der Waals surface area contributed by atoms with Gasteiger partial charge in [0.15, 0.2) is 0 Å². The molecule has 2 amide bonds. The van der Waals surface area contributed by atoms with Gasteiger partial charge in [-0.1, -0.05) is 17.8 Å². The molecule has 2 aromatic rings. The van der Waals surface area contributed by atoms with E-state index in [-0.39, 0.29) is 11.8 Å². The van der Waals surface area contributed by atoms with Crippen molar-refractivity contribution in [3.63, 3.8) is 0 Å². The van der Waals surface area contributed by atoms with Crippen LogP contribution in [-0.4, -0.2) is 63.5 Å². The van der Waals surface area contributed by atoms with Crippen LogP contribution in [0.3, 0.4) is 0 Å². The van der Waals surface area contributed by atoms with Crippen LogP contribution in [0.15, 0.2) is 47.8 Å². The van der Waals surface area contributed by atoms with Gasteiger partial charge >= 0.3 is 0 Å². The summed E-state index contributed by atoms with van der Waals surface area (Å²) in [5.41, 5.74) is 0.593. The highest BCUT2D eigenvalue weighted by molar-refractivity contribution is 7.99. The highest BCUT2D eigenvalue weighted by Crippen LogP contribution is 2.15. The molecule has 120 valence electrons. The molecule has 6 nitrogen and oxygen atoms in total. The minimum Gasteiger partial charge on any atom is -0.357 e. The van der Waals surface area contributed by atoms with Gasteiger partial charge in [0.2, 0.25) is 5.91 Å². The van der Waals surface area contributed by atoms with Crippen LogP contribution in [0, 0.1) is 0 Å². The van der Waals surface area contributed by atoms with Gasteiger partial charge in [0.25, 0.3) is 5.91 Å². The van der Waals surface area contributed by atoms with Crippen molar-refractivity contribution in [3.8, 4) is 0 Å². The molecule has 0 unspecified atom stereocenters. The number of hydrogen-bond acceptors (Lipinski definition) is 4. The predicted octanol–water partition coefficient (Wildman–Crippen LogP) is 1.49. The average Bonchev–Trinajstić information content (AvgIpc) is 3.15. The number of amides is 2. The van der Waals surface area contributed by atoms with Crippen LogP contribution in [-0.2, 0) is 4.79 Å². The molecule has 0 radical (unpaired) electrons. The minimum absolute atomic E-state index is 0.00930. The van der Waals surface area contributed by atoms with Crippen LogP contribution in [0.25, 0.3) is 0 Å². The number of nitrogens with zero attached hydrogens (tertiary/aromatic N) is 3. The third kappa shape index (κ3) is 3.92. The summed E-state index contributed by atoms with van der Waals surface area (Å²) in [6.07, 6.45) is 3.46. The van der Waals surface area contributed by atoms with E-state index in [2.05, 4.69) is 9.97 Å². The summed E-state index contributed by atoms with van der Waals surface area (Å²) in [5, 5.41) is 0.849. The van der Waals surface area contributed by atoms with E-state index in [0.717, 1.165) is 5.03 Å². The van der Waals surface area contributed by atoms with Gasteiger partial charge in [-0.15, -0.1) is 0 Å². The quantitative estimate of drug-likeness (QED) is 0.862. The molecule has 3 heterocycles. The summed E-state index contributed by atoms with van der Waals surface area (Å²) in [6.45, 7) is 2.29. The molecular weight excluding hydrogens is 312 g/mol. The number of H-pyrrole nitrogens is 1. The molecule has 0 bridgehead atoms. The number of aromatic nitrogens is 2. The van der Waals surface area contributed by atoms with Crippen molar-refractivity contribution in [1.82, 2.24) is 19.8 Å². The van der Waals surface area contributed by atoms with Crippen LogP contribution in [0.2, 0.25) is 0 Å². The van der Waals surface area contributed by atoms with E-state index in [0.29, 0.717) is 37.6 Å². The molecule has 23 heavy (non-hydrogen) atoms. The van der Waals surface area contributed by atoms with E-state index in [4.69, 9.17) is 0 Å². The van der Waals surface area contributed by atoms with Gasteiger partial charge in [-0.3, -0.25) is 9.59 Å². The minimum atomic E-state index is -0.00930. The van der Waals surface area contributed by atoms with Gasteiger partial charge in [-0.2, -0.15) is 0 Å². The van der Waals surface area contributed by atoms with Crippen molar-refractivity contribution in [2.24, 2.45) is 0 Å². The molecule has 1 saturated heterocycles. The molecule has 0 atom stereocenters. The molecule has 7 heteroatoms. The summed E-state index contributed by atoms with van der Waals surface area (Å²) in [7, 11) is 0. The first-order chi connectivity index (χ1) is 11.2. The maximum absolute atomic E-state index is 12.2. The fourth-order valence-corrected chi connectivity index (χ4v) is 3.22. The maximum Gasteiger partial charge on any atom is 0.270 e. The Balaban J connectivity index is 1.47. The van der Waals surface area contributed by atoms with E-state index >= 15 is 0 Å². The predicted molar refractivity (Wildman–Crippen MR) is 88.2 cm³/mol. The number of thioether (sulfide) groups is 1. The first kappa shape index (κ1) is 15.6. The third-order valence-electron chi connectivity index (χ3n) is 3.73. The second kappa shape index (κ2) is 7.32. The maximum atomic E-state index is 12.2. The largest absolute Gasteiger partial charge is 0.357 e. The highest BCUT2D eigenvalue weighted by Gasteiger charge is 2.25. The SMILES string of the molecule is O=C(CSc1ccccn1)N1CCN(C(=O)c2ccc[nH]2)CC1. The number of piperazine rings is 1. The second-order valence-corrected chi connectivity index (χ2v) is 6.21. The van der Waals surface area contributed by atoms with Crippen molar-refractivity contribution in [2.75, 3.05) is 31.9 Å². The first-order valence-electron chi connectivity index (χ1n) is 7.48. The zero-order valence-electron chi connectivity index (χ0n) is 12.6. The molecule has 0 aliphatic carbocycles. The number of nitrogens with one attached hydrogen (secondary N) is 1. The zero-order chi connectivity index (χ0) is 16.1. The summed E-state index contributed by atoms with van der Waals surface area (Å²) >= 11 is 1.44. The van der Waals surface area contributed by atoms with E-state index in [1.54, 1.807) is 23.4 Å². The molecular formula is C16H18N4O2S. The van der Waals surface area contributed by atoms with E-state index in [1.165, 1.54) is 11.8 Å². The van der Waals surface area contributed by atoms with E-state index < -0.39 is 0 Å². The lowest BCUT2D eigenvalue weighted by atomic mass is 10.3. The molecule has 2 aromatic heterocycles. The summed E-state index contributed by atoms with van der Waals surface area (Å²) in [5.74, 6) is 0.458. The molecule has 1 aliphatic rings. The Bertz CT molecular complexity index is 652. The standard InChI is InChI=1S/C16H18N4O2S/c21-15(12-23-14-5-1-2-6-18-14)19-8-10-20(11-9-19)16(22)13-4-3-7-17-13/h1-7,17H,8-12H2. The monoisotopic (exact) mass is 330 g/mol. The van der Waals surface area contributed by atoms with Gasteiger partial charge < -0.3 is 14.8 Å². The van der Waals surface area contributed by atoms with Gasteiger partial charge in [-0.05, 0) is 24.3 Å². The Morgan fingerprint density at radius 1 is 1.09 bits per heavy atom. The Labute approximate surface area is 138 Å². The fourth-order valence-electron chi connectivity index (χ4n) is 2.45. The molecule has 1 fully saturated rings. The topological polar surface area (TPSA) is 69.3 Å². The van der Waals surface area contributed by atoms with Crippen LogP contribution in [0.5, 0.6) is 0 Å². The number of pyridine rings is 1. The van der Waals surface area contributed by atoms with E-state index in [1.807, 2.05) is 29.2 Å². The van der Waals surface area contributed by atoms with Crippen molar-refractivity contribution in [3.05, 3.63) is 48.4 Å². The highest BCUT2D eigenvalue weighted by atomic mass is 32.2. The molecule has 0 aromatic carbocycles. The Kier molecular flexibility index (Phi) is 4.97. The number of aromatic amines is 1. The molecule has 0 saturated carbocycles. The first-order valence-corrected chi connectivity index (χ1v) is 8.47. The third-order valence-corrected chi connectivity index (χ3v) is 4.66. The van der Waals surface area contributed by atoms with Crippen molar-refractivity contribution in [2.45, 2.75) is 5.03 Å². The van der Waals surface area contributed by atoms with Crippen LogP contribution >= 0.6 is 11.8 Å². The normalized spacial score (nSPS) is 14.8. The molecule has 1 N–H and O–H groups in total. The molecule has 0 spiro atoms. The summed E-state index contributed by atoms with van der Waals surface area (Å²) in [4.78, 5) is 35.2. The van der Waals surface area contributed by atoms with Gasteiger partial charge in [-0.25, -0.2) is 4.98 Å². The van der Waals surface area contributed by atoms with Crippen LogP contribution in [0.4, 0.5) is 0 Å². The average molecular weight is 330 g/mol. The lowest BCUT2D eigenvalue weighted by Crippen LogP contribution is -2.51. The van der Waals surface area contributed by atoms with Crippen LogP contribution < -0.4 is 0 Å². The smallest absolute Gasteiger partial charge is 0.270 e. The summed E-state index contributed by atoms with van der Waals surface area (Å²) in [6, 6.07) is 9.23. The lowest BCUT2D eigenvalue weighted by molar-refractivity contribution is -0.129. The van der Waals surface area contributed by atoms with Crippen molar-refractivity contribution < 1.29 is 9.59 Å². The van der Waals surface area contributed by atoms with Crippen molar-refractivity contribution in [1.29, 1.82) is 0 Å². The Morgan fingerprint density at radius 2 is 1.87 bits per heavy atom. The number of carbonyl (C=O) groups excluding carboxylic acids is 2. The van der Waals surface area contributed by atoms with E-state index in [9.17, 15) is 9.59 Å². The Hall–Kier alpha value is -2.28. The number of rotatable bonds is 4. The fraction of sp³-hybridized carbons (Fsp3) is 0.312. The van der Waals surface area contributed by atoms with Crippen molar-refractivity contribution >= 4 is 23.6 Å². The van der Waals surface area contributed by atoms with Gasteiger partial charge in [0, 0.05) is 38.6 Å². The van der Waals surface area contributed by atoms with Gasteiger partial charge in [0.05, 0.1) is 10.8 Å². The molecule has 3 rings (SSSR count). The Morgan fingerprint density at radius 3 is 2.52 bits per heavy atom. The van der Waals surface area contributed by atoms with Crippen LogP contribution in [0.1, 0.15) is 10.5 Å². The summed E-state index contributed by atoms with van der Waals surface area (Å²) < 4.78 is 0. The number of hydrogen-bond donors (Lipinski definition) is 1. The number of carbonyl (C=O) groups is 2. The zero-order valence-corrected chi connectivity index (χ0v) is 13.5. The lowest BCUT2D eigenvalue weighted by Gasteiger charge is -2.34. The second-order valence-electron chi connectivity index (χ2n) is 5.21. The van der Waals surface area contributed by atoms with Gasteiger partial charge in [0.1, 0.15) is 5.69 Å². The molecule has 1 aliphatic heterocycles.